The molecule has 0 aliphatic rings. The van der Waals surface area contributed by atoms with Crippen molar-refractivity contribution in [3.8, 4) is 0 Å². The van der Waals surface area contributed by atoms with Crippen molar-refractivity contribution in [1.82, 2.24) is 9.21 Å². The van der Waals surface area contributed by atoms with E-state index in [0.29, 0.717) is 31.7 Å². The summed E-state index contributed by atoms with van der Waals surface area (Å²) in [4.78, 5) is 14.9. The Morgan fingerprint density at radius 2 is 1.64 bits per heavy atom. The van der Waals surface area contributed by atoms with E-state index in [-0.39, 0.29) is 19.0 Å². The molecule has 7 heteroatoms. The fourth-order valence-electron chi connectivity index (χ4n) is 3.40. The second-order valence-corrected chi connectivity index (χ2v) is 9.54. The number of furan rings is 1. The molecule has 33 heavy (non-hydrogen) atoms. The van der Waals surface area contributed by atoms with Crippen LogP contribution < -0.4 is 0 Å². The first-order valence-corrected chi connectivity index (χ1v) is 12.6. The summed E-state index contributed by atoms with van der Waals surface area (Å²) < 4.78 is 32.7. The molecule has 2 aromatic carbocycles. The zero-order chi connectivity index (χ0) is 23.5. The summed E-state index contributed by atoms with van der Waals surface area (Å²) >= 11 is 0. The number of hydrogen-bond acceptors (Lipinski definition) is 4. The van der Waals surface area contributed by atoms with Crippen LogP contribution in [0.15, 0.2) is 88.9 Å². The van der Waals surface area contributed by atoms with Crippen molar-refractivity contribution in [3.63, 3.8) is 0 Å². The highest BCUT2D eigenvalue weighted by atomic mass is 32.2. The van der Waals surface area contributed by atoms with Crippen LogP contribution in [0.4, 0.5) is 0 Å². The van der Waals surface area contributed by atoms with E-state index >= 15 is 0 Å². The average Bonchev–Trinajstić information content (AvgIpc) is 3.35. The minimum atomic E-state index is -3.76. The molecule has 0 aliphatic carbocycles. The Kier molecular flexibility index (Phi) is 9.04. The van der Waals surface area contributed by atoms with Crippen molar-refractivity contribution < 1.29 is 17.6 Å². The molecule has 3 aromatic rings. The van der Waals surface area contributed by atoms with Crippen LogP contribution in [0, 0.1) is 0 Å². The minimum Gasteiger partial charge on any atom is -0.467 e. The molecule has 0 radical (unpaired) electrons. The van der Waals surface area contributed by atoms with E-state index in [1.54, 1.807) is 23.3 Å². The van der Waals surface area contributed by atoms with Gasteiger partial charge in [-0.15, -0.1) is 0 Å². The molecular formula is C26H30N2O4S. The maximum atomic E-state index is 13.3. The smallest absolute Gasteiger partial charge is 0.238 e. The molecule has 0 spiro atoms. The molecule has 0 aliphatic heterocycles. The molecule has 0 atom stereocenters. The van der Waals surface area contributed by atoms with Crippen LogP contribution in [0.1, 0.15) is 30.2 Å². The fourth-order valence-corrected chi connectivity index (χ4v) is 4.63. The predicted molar refractivity (Wildman–Crippen MR) is 131 cm³/mol. The Balaban J connectivity index is 1.73. The molecule has 174 valence electrons. The van der Waals surface area contributed by atoms with Crippen molar-refractivity contribution in [2.24, 2.45) is 0 Å². The second-order valence-electron chi connectivity index (χ2n) is 7.72. The number of benzene rings is 2. The monoisotopic (exact) mass is 466 g/mol. The summed E-state index contributed by atoms with van der Waals surface area (Å²) in [5, 5.41) is 1.17. The molecule has 0 N–H and O–H groups in total. The predicted octanol–water partition coefficient (Wildman–Crippen LogP) is 4.56. The van der Waals surface area contributed by atoms with Crippen LogP contribution in [0.3, 0.4) is 0 Å². The molecule has 1 amide bonds. The molecule has 1 aromatic heterocycles. The van der Waals surface area contributed by atoms with Crippen molar-refractivity contribution in [3.05, 3.63) is 101 Å². The van der Waals surface area contributed by atoms with Crippen LogP contribution in [0.2, 0.25) is 0 Å². The zero-order valence-corrected chi connectivity index (χ0v) is 19.7. The van der Waals surface area contributed by atoms with E-state index in [1.165, 1.54) is 9.71 Å². The third-order valence-electron chi connectivity index (χ3n) is 5.17. The summed E-state index contributed by atoms with van der Waals surface area (Å²) in [7, 11) is -3.76. The summed E-state index contributed by atoms with van der Waals surface area (Å²) in [5.74, 6) is 0.401. The van der Waals surface area contributed by atoms with E-state index < -0.39 is 10.0 Å². The standard InChI is InChI=1S/C26H30N2O4S/c1-2-17-28(33(30,31)20-16-24-12-7-4-8-13-24)22-26(29)27(21-25-14-9-19-32-25)18-15-23-10-5-3-6-11-23/h3-14,16,19-20H,2,15,17-18,21-22H2,1H3/b20-16+. The quantitative estimate of drug-likeness (QED) is 0.392. The number of nitrogens with zero attached hydrogens (tertiary/aromatic N) is 2. The van der Waals surface area contributed by atoms with Crippen LogP contribution in [-0.2, 0) is 27.8 Å². The first kappa shape index (κ1) is 24.5. The van der Waals surface area contributed by atoms with Gasteiger partial charge in [0, 0.05) is 18.5 Å². The van der Waals surface area contributed by atoms with Gasteiger partial charge in [-0.25, -0.2) is 8.42 Å². The van der Waals surface area contributed by atoms with Gasteiger partial charge in [-0.05, 0) is 42.2 Å². The largest absolute Gasteiger partial charge is 0.467 e. The normalized spacial score (nSPS) is 11.8. The van der Waals surface area contributed by atoms with Gasteiger partial charge in [-0.1, -0.05) is 67.6 Å². The molecule has 1 heterocycles. The summed E-state index contributed by atoms with van der Waals surface area (Å²) in [6.45, 7) is 2.69. The summed E-state index contributed by atoms with van der Waals surface area (Å²) in [6.07, 6.45) is 4.39. The lowest BCUT2D eigenvalue weighted by Gasteiger charge is -2.26. The highest BCUT2D eigenvalue weighted by Gasteiger charge is 2.25. The van der Waals surface area contributed by atoms with Crippen molar-refractivity contribution >= 4 is 22.0 Å². The fraction of sp³-hybridized carbons (Fsp3) is 0.269. The van der Waals surface area contributed by atoms with E-state index in [1.807, 2.05) is 73.7 Å². The summed E-state index contributed by atoms with van der Waals surface area (Å²) in [5.41, 5.74) is 1.89. The second kappa shape index (κ2) is 12.2. The molecule has 0 saturated carbocycles. The van der Waals surface area contributed by atoms with Gasteiger partial charge in [0.15, 0.2) is 0 Å². The Bertz CT molecular complexity index is 1110. The third kappa shape index (κ3) is 7.73. The lowest BCUT2D eigenvalue weighted by atomic mass is 10.1. The van der Waals surface area contributed by atoms with Crippen LogP contribution in [0.5, 0.6) is 0 Å². The molecule has 6 nitrogen and oxygen atoms in total. The molecule has 3 rings (SSSR count). The first-order chi connectivity index (χ1) is 16.0. The number of carbonyl (C=O) groups excluding carboxylic acids is 1. The van der Waals surface area contributed by atoms with Gasteiger partial charge < -0.3 is 9.32 Å². The Morgan fingerprint density at radius 1 is 0.939 bits per heavy atom. The molecule has 0 unspecified atom stereocenters. The number of hydrogen-bond donors (Lipinski definition) is 0. The first-order valence-electron chi connectivity index (χ1n) is 11.1. The topological polar surface area (TPSA) is 70.8 Å². The van der Waals surface area contributed by atoms with Gasteiger partial charge in [-0.3, -0.25) is 4.79 Å². The molecule has 0 fully saturated rings. The van der Waals surface area contributed by atoms with Crippen LogP contribution in [-0.4, -0.2) is 43.2 Å². The van der Waals surface area contributed by atoms with E-state index in [9.17, 15) is 13.2 Å². The van der Waals surface area contributed by atoms with E-state index in [4.69, 9.17) is 4.42 Å². The molecule has 0 bridgehead atoms. The van der Waals surface area contributed by atoms with Gasteiger partial charge in [0.25, 0.3) is 0 Å². The Morgan fingerprint density at radius 3 is 2.27 bits per heavy atom. The number of sulfonamides is 1. The van der Waals surface area contributed by atoms with Crippen molar-refractivity contribution in [2.75, 3.05) is 19.6 Å². The van der Waals surface area contributed by atoms with Gasteiger partial charge in [0.1, 0.15) is 5.76 Å². The number of amides is 1. The number of rotatable bonds is 12. The summed E-state index contributed by atoms with van der Waals surface area (Å²) in [6, 6.07) is 22.7. The Labute approximate surface area is 196 Å². The van der Waals surface area contributed by atoms with Crippen molar-refractivity contribution in [1.29, 1.82) is 0 Å². The highest BCUT2D eigenvalue weighted by molar-refractivity contribution is 7.92. The zero-order valence-electron chi connectivity index (χ0n) is 18.8. The molecule has 0 saturated heterocycles. The highest BCUT2D eigenvalue weighted by Crippen LogP contribution is 2.13. The van der Waals surface area contributed by atoms with E-state index in [0.717, 1.165) is 11.1 Å². The Hall–Kier alpha value is -3.16. The van der Waals surface area contributed by atoms with Gasteiger partial charge >= 0.3 is 0 Å². The van der Waals surface area contributed by atoms with Crippen LogP contribution >= 0.6 is 0 Å². The number of carbonyl (C=O) groups is 1. The molecular weight excluding hydrogens is 436 g/mol. The van der Waals surface area contributed by atoms with Gasteiger partial charge in [-0.2, -0.15) is 4.31 Å². The van der Waals surface area contributed by atoms with Crippen LogP contribution in [0.25, 0.3) is 6.08 Å². The van der Waals surface area contributed by atoms with E-state index in [2.05, 4.69) is 0 Å². The maximum Gasteiger partial charge on any atom is 0.238 e. The maximum absolute atomic E-state index is 13.3. The SMILES string of the molecule is CCCN(CC(=O)N(CCc1ccccc1)Cc1ccco1)S(=O)(=O)/C=C/c1ccccc1. The van der Waals surface area contributed by atoms with Gasteiger partial charge in [0.2, 0.25) is 15.9 Å². The van der Waals surface area contributed by atoms with Crippen molar-refractivity contribution in [2.45, 2.75) is 26.3 Å². The lowest BCUT2D eigenvalue weighted by molar-refractivity contribution is -0.132. The third-order valence-corrected chi connectivity index (χ3v) is 6.68. The lowest BCUT2D eigenvalue weighted by Crippen LogP contribution is -2.43. The van der Waals surface area contributed by atoms with Gasteiger partial charge in [0.05, 0.1) is 19.4 Å². The minimum absolute atomic E-state index is 0.217. The average molecular weight is 467 g/mol.